The summed E-state index contributed by atoms with van der Waals surface area (Å²) < 4.78 is 30.6. The van der Waals surface area contributed by atoms with Gasteiger partial charge in [0.1, 0.15) is 17.5 Å². The molecule has 0 fully saturated rings. The van der Waals surface area contributed by atoms with Gasteiger partial charge in [0.15, 0.2) is 9.84 Å². The lowest BCUT2D eigenvalue weighted by atomic mass is 10.1. The third-order valence-corrected chi connectivity index (χ3v) is 6.29. The highest BCUT2D eigenvalue weighted by Crippen LogP contribution is 2.26. The fourth-order valence-electron chi connectivity index (χ4n) is 3.30. The lowest BCUT2D eigenvalue weighted by molar-refractivity contribution is 0.397. The number of rotatable bonds is 7. The normalized spacial score (nSPS) is 11.4. The highest BCUT2D eigenvalue weighted by atomic mass is 32.2. The smallest absolute Gasteiger partial charge is 0.213 e. The number of methoxy groups -OCH3 is 1. The van der Waals surface area contributed by atoms with Gasteiger partial charge in [-0.3, -0.25) is 0 Å². The van der Waals surface area contributed by atoms with Gasteiger partial charge in [0.05, 0.1) is 29.6 Å². The van der Waals surface area contributed by atoms with Crippen LogP contribution in [0.1, 0.15) is 22.6 Å². The SMILES string of the molecule is COc1ccc(-n2nc(C)c(C)c2Nc2ccnc(Cc3cccc(S(C)(=O)=O)c3)n2)cn1. The second-order valence-corrected chi connectivity index (χ2v) is 9.62. The molecule has 1 aromatic carbocycles. The molecule has 4 aromatic rings. The summed E-state index contributed by atoms with van der Waals surface area (Å²) in [4.78, 5) is 13.5. The summed E-state index contributed by atoms with van der Waals surface area (Å²) in [5.74, 6) is 2.46. The molecule has 0 spiro atoms. The summed E-state index contributed by atoms with van der Waals surface area (Å²) in [5.41, 5.74) is 3.45. The van der Waals surface area contributed by atoms with Crippen molar-refractivity contribution in [1.82, 2.24) is 24.7 Å². The minimum atomic E-state index is -3.28. The zero-order valence-corrected chi connectivity index (χ0v) is 19.6. The van der Waals surface area contributed by atoms with Crippen molar-refractivity contribution >= 4 is 21.5 Å². The number of ether oxygens (including phenoxy) is 1. The van der Waals surface area contributed by atoms with Gasteiger partial charge in [0.2, 0.25) is 5.88 Å². The van der Waals surface area contributed by atoms with Crippen molar-refractivity contribution in [3.63, 3.8) is 0 Å². The highest BCUT2D eigenvalue weighted by Gasteiger charge is 2.15. The summed E-state index contributed by atoms with van der Waals surface area (Å²) in [6.07, 6.45) is 4.95. The van der Waals surface area contributed by atoms with Crippen molar-refractivity contribution in [3.05, 3.63) is 77.5 Å². The number of nitrogens with one attached hydrogen (secondary N) is 1. The number of hydrogen-bond acceptors (Lipinski definition) is 8. The topological polar surface area (TPSA) is 112 Å². The molecule has 9 nitrogen and oxygen atoms in total. The number of aryl methyl sites for hydroxylation is 1. The van der Waals surface area contributed by atoms with Crippen LogP contribution >= 0.6 is 0 Å². The molecule has 0 bridgehead atoms. The third kappa shape index (κ3) is 5.01. The van der Waals surface area contributed by atoms with E-state index >= 15 is 0 Å². The molecular weight excluding hydrogens is 440 g/mol. The van der Waals surface area contributed by atoms with Gasteiger partial charge < -0.3 is 10.1 Å². The fraction of sp³-hybridized carbons (Fsp3) is 0.217. The highest BCUT2D eigenvalue weighted by molar-refractivity contribution is 7.90. The van der Waals surface area contributed by atoms with Crippen LogP contribution in [0.25, 0.3) is 5.69 Å². The molecule has 33 heavy (non-hydrogen) atoms. The maximum atomic E-state index is 11.9. The number of anilines is 2. The maximum Gasteiger partial charge on any atom is 0.213 e. The van der Waals surface area contributed by atoms with Crippen LogP contribution in [0.4, 0.5) is 11.6 Å². The Morgan fingerprint density at radius 3 is 2.61 bits per heavy atom. The number of hydrogen-bond donors (Lipinski definition) is 1. The molecule has 1 N–H and O–H groups in total. The Balaban J connectivity index is 1.62. The van der Waals surface area contributed by atoms with Gasteiger partial charge in [0, 0.05) is 30.5 Å². The molecule has 3 aromatic heterocycles. The first kappa shape index (κ1) is 22.4. The number of nitrogens with zero attached hydrogens (tertiary/aromatic N) is 5. The van der Waals surface area contributed by atoms with Crippen LogP contribution < -0.4 is 10.1 Å². The largest absolute Gasteiger partial charge is 0.481 e. The predicted molar refractivity (Wildman–Crippen MR) is 125 cm³/mol. The summed E-state index contributed by atoms with van der Waals surface area (Å²) in [7, 11) is -1.71. The van der Waals surface area contributed by atoms with Crippen LogP contribution in [0.3, 0.4) is 0 Å². The summed E-state index contributed by atoms with van der Waals surface area (Å²) in [6, 6.07) is 12.2. The Labute approximate surface area is 192 Å². The minimum Gasteiger partial charge on any atom is -0.481 e. The maximum absolute atomic E-state index is 11.9. The van der Waals surface area contributed by atoms with Crippen LogP contribution in [-0.2, 0) is 16.3 Å². The van der Waals surface area contributed by atoms with Gasteiger partial charge >= 0.3 is 0 Å². The molecular formula is C23H24N6O3S. The summed E-state index contributed by atoms with van der Waals surface area (Å²) in [5, 5.41) is 7.97. The van der Waals surface area contributed by atoms with Crippen LogP contribution in [0, 0.1) is 13.8 Å². The third-order valence-electron chi connectivity index (χ3n) is 5.17. The first-order valence-corrected chi connectivity index (χ1v) is 12.1. The van der Waals surface area contributed by atoms with Crippen molar-refractivity contribution < 1.29 is 13.2 Å². The zero-order valence-electron chi connectivity index (χ0n) is 18.8. The van der Waals surface area contributed by atoms with Crippen LogP contribution in [-0.4, -0.2) is 46.5 Å². The van der Waals surface area contributed by atoms with E-state index in [0.29, 0.717) is 23.9 Å². The van der Waals surface area contributed by atoms with E-state index < -0.39 is 9.84 Å². The molecule has 0 radical (unpaired) electrons. The molecule has 4 rings (SSSR count). The Bertz CT molecular complexity index is 1400. The molecule has 0 saturated carbocycles. The van der Waals surface area contributed by atoms with E-state index in [1.54, 1.807) is 54.5 Å². The summed E-state index contributed by atoms with van der Waals surface area (Å²) in [6.45, 7) is 3.92. The lowest BCUT2D eigenvalue weighted by Crippen LogP contribution is -2.06. The van der Waals surface area contributed by atoms with Crippen molar-refractivity contribution in [2.45, 2.75) is 25.2 Å². The monoisotopic (exact) mass is 464 g/mol. The first-order chi connectivity index (χ1) is 15.7. The van der Waals surface area contributed by atoms with Crippen LogP contribution in [0.2, 0.25) is 0 Å². The van der Waals surface area contributed by atoms with E-state index in [9.17, 15) is 8.42 Å². The van der Waals surface area contributed by atoms with Gasteiger partial charge in [0.25, 0.3) is 0 Å². The lowest BCUT2D eigenvalue weighted by Gasteiger charge is -2.11. The van der Waals surface area contributed by atoms with Crippen molar-refractivity contribution in [1.29, 1.82) is 0 Å². The van der Waals surface area contributed by atoms with E-state index in [1.165, 1.54) is 6.26 Å². The molecule has 170 valence electrons. The molecule has 3 heterocycles. The van der Waals surface area contributed by atoms with Gasteiger partial charge in [-0.15, -0.1) is 0 Å². The minimum absolute atomic E-state index is 0.275. The second kappa shape index (κ2) is 8.99. The number of sulfone groups is 1. The number of aromatic nitrogens is 5. The number of pyridine rings is 1. The average Bonchev–Trinajstić information content (AvgIpc) is 3.07. The van der Waals surface area contributed by atoms with Gasteiger partial charge in [-0.2, -0.15) is 5.10 Å². The zero-order chi connectivity index (χ0) is 23.6. The van der Waals surface area contributed by atoms with Crippen molar-refractivity contribution in [2.24, 2.45) is 0 Å². The van der Waals surface area contributed by atoms with E-state index in [4.69, 9.17) is 4.74 Å². The van der Waals surface area contributed by atoms with E-state index in [2.05, 4.69) is 25.4 Å². The van der Waals surface area contributed by atoms with E-state index in [-0.39, 0.29) is 4.90 Å². The standard InChI is InChI=1S/C23H24N6O3S/c1-15-16(2)28-29(18-8-9-22(32-3)25-14-18)23(15)27-20-10-11-24-21(26-20)13-17-6-5-7-19(12-17)33(4,30)31/h5-12,14H,13H2,1-4H3,(H,24,26,27). The fourth-order valence-corrected chi connectivity index (χ4v) is 3.99. The molecule has 10 heteroatoms. The Morgan fingerprint density at radius 1 is 1.09 bits per heavy atom. The Kier molecular flexibility index (Phi) is 6.10. The Morgan fingerprint density at radius 2 is 1.91 bits per heavy atom. The van der Waals surface area contributed by atoms with Crippen LogP contribution in [0.15, 0.2) is 59.8 Å². The molecule has 0 unspecified atom stereocenters. The summed E-state index contributed by atoms with van der Waals surface area (Å²) >= 11 is 0. The average molecular weight is 465 g/mol. The molecule has 0 aliphatic heterocycles. The van der Waals surface area contributed by atoms with E-state index in [1.807, 2.05) is 26.0 Å². The van der Waals surface area contributed by atoms with Gasteiger partial charge in [-0.05, 0) is 43.7 Å². The molecule has 0 aliphatic carbocycles. The number of benzene rings is 1. The van der Waals surface area contributed by atoms with Crippen LogP contribution in [0.5, 0.6) is 5.88 Å². The van der Waals surface area contributed by atoms with E-state index in [0.717, 1.165) is 28.3 Å². The van der Waals surface area contributed by atoms with Crippen molar-refractivity contribution in [3.8, 4) is 11.6 Å². The van der Waals surface area contributed by atoms with Gasteiger partial charge in [-0.1, -0.05) is 12.1 Å². The second-order valence-electron chi connectivity index (χ2n) is 7.61. The molecule has 0 saturated heterocycles. The van der Waals surface area contributed by atoms with Gasteiger partial charge in [-0.25, -0.2) is 28.1 Å². The Hall–Kier alpha value is -3.79. The quantitative estimate of drug-likeness (QED) is 0.443. The molecule has 0 amide bonds. The molecule has 0 atom stereocenters. The predicted octanol–water partition coefficient (Wildman–Crippen LogP) is 3.42. The molecule has 0 aliphatic rings. The first-order valence-electron chi connectivity index (χ1n) is 10.2. The van der Waals surface area contributed by atoms with Crippen molar-refractivity contribution in [2.75, 3.05) is 18.7 Å².